The van der Waals surface area contributed by atoms with E-state index in [-0.39, 0.29) is 29.8 Å². The molecule has 0 spiro atoms. The lowest BCUT2D eigenvalue weighted by Gasteiger charge is -2.12. The minimum absolute atomic E-state index is 0. The zero-order valence-electron chi connectivity index (χ0n) is 17.0. The van der Waals surface area contributed by atoms with Crippen LogP contribution in [0.25, 0.3) is 0 Å². The minimum Gasteiger partial charge on any atom is -0.489 e. The van der Waals surface area contributed by atoms with Crippen molar-refractivity contribution in [3.63, 3.8) is 0 Å². The predicted molar refractivity (Wildman–Crippen MR) is 131 cm³/mol. The molecule has 0 aliphatic rings. The molecule has 0 aliphatic heterocycles. The van der Waals surface area contributed by atoms with Crippen LogP contribution in [0.15, 0.2) is 58.9 Å². The molecule has 0 unspecified atom stereocenters. The number of guanidine groups is 1. The zero-order chi connectivity index (χ0) is 20.5. The van der Waals surface area contributed by atoms with Crippen LogP contribution in [0, 0.1) is 12.7 Å². The molecule has 0 aliphatic carbocycles. The summed E-state index contributed by atoms with van der Waals surface area (Å²) in [5.74, 6) is 1.25. The Kier molecular flexibility index (Phi) is 10.0. The number of ether oxygens (including phenoxy) is 1. The topological polar surface area (TPSA) is 58.5 Å². The number of halogens is 2. The van der Waals surface area contributed by atoms with Crippen molar-refractivity contribution in [1.29, 1.82) is 0 Å². The number of nitrogens with one attached hydrogen (secondary N) is 2. The monoisotopic (exact) mass is 540 g/mol. The Bertz CT molecular complexity index is 946. The second kappa shape index (κ2) is 12.5. The highest BCUT2D eigenvalue weighted by atomic mass is 127. The number of aliphatic imine (C=N–C) groups is 1. The summed E-state index contributed by atoms with van der Waals surface area (Å²) in [5, 5.41) is 9.78. The van der Waals surface area contributed by atoms with Crippen molar-refractivity contribution in [1.82, 2.24) is 15.6 Å². The molecule has 0 saturated heterocycles. The number of aryl methyl sites for hydroxylation is 1. The van der Waals surface area contributed by atoms with E-state index in [4.69, 9.17) is 4.74 Å². The number of thiazole rings is 1. The van der Waals surface area contributed by atoms with E-state index in [2.05, 4.69) is 26.0 Å². The Morgan fingerprint density at radius 1 is 1.13 bits per heavy atom. The normalized spacial score (nSPS) is 11.0. The van der Waals surface area contributed by atoms with Gasteiger partial charge < -0.3 is 15.4 Å². The van der Waals surface area contributed by atoms with Crippen molar-refractivity contribution < 1.29 is 9.13 Å². The van der Waals surface area contributed by atoms with Crippen LogP contribution < -0.4 is 15.4 Å². The second-order valence-corrected chi connectivity index (χ2v) is 7.59. The predicted octanol–water partition coefficient (Wildman–Crippen LogP) is 4.70. The van der Waals surface area contributed by atoms with Gasteiger partial charge in [-0.05, 0) is 42.3 Å². The number of hydrogen-bond acceptors (Lipinski definition) is 4. The molecule has 3 rings (SSSR count). The third kappa shape index (κ3) is 7.91. The molecule has 2 N–H and O–H groups in total. The van der Waals surface area contributed by atoms with Crippen LogP contribution in [-0.4, -0.2) is 24.5 Å². The van der Waals surface area contributed by atoms with Gasteiger partial charge in [0.25, 0.3) is 0 Å². The first-order chi connectivity index (χ1) is 14.1. The van der Waals surface area contributed by atoms with Gasteiger partial charge >= 0.3 is 0 Å². The van der Waals surface area contributed by atoms with Crippen LogP contribution in [0.2, 0.25) is 0 Å². The maximum atomic E-state index is 13.2. The number of hydrogen-bond donors (Lipinski definition) is 2. The van der Waals surface area contributed by atoms with Gasteiger partial charge in [0.1, 0.15) is 18.2 Å². The quantitative estimate of drug-likeness (QED) is 0.247. The van der Waals surface area contributed by atoms with Gasteiger partial charge in [-0.15, -0.1) is 35.3 Å². The fourth-order valence-corrected chi connectivity index (χ4v) is 3.38. The average Bonchev–Trinajstić information content (AvgIpc) is 3.15. The first-order valence-electron chi connectivity index (χ1n) is 9.44. The second-order valence-electron chi connectivity index (χ2n) is 6.52. The standard InChI is InChI=1S/C22H25FN4OS.HI/c1-16-27-20(15-29-16)10-11-25-22(24-2)26-13-17-6-8-21(9-7-17)28-14-18-4-3-5-19(23)12-18;/h3-9,12,15H,10-11,13-14H2,1-2H3,(H2,24,25,26);1H. The summed E-state index contributed by atoms with van der Waals surface area (Å²) < 4.78 is 18.9. The van der Waals surface area contributed by atoms with E-state index in [0.29, 0.717) is 13.2 Å². The molecule has 5 nitrogen and oxygen atoms in total. The Labute approximate surface area is 197 Å². The average molecular weight is 540 g/mol. The summed E-state index contributed by atoms with van der Waals surface area (Å²) in [4.78, 5) is 8.71. The van der Waals surface area contributed by atoms with Gasteiger partial charge in [-0.25, -0.2) is 9.37 Å². The summed E-state index contributed by atoms with van der Waals surface area (Å²) in [6.07, 6.45) is 0.863. The van der Waals surface area contributed by atoms with E-state index in [1.807, 2.05) is 37.3 Å². The van der Waals surface area contributed by atoms with Crippen molar-refractivity contribution in [3.05, 3.63) is 81.6 Å². The Morgan fingerprint density at radius 2 is 1.93 bits per heavy atom. The highest BCUT2D eigenvalue weighted by Crippen LogP contribution is 2.15. The molecule has 3 aromatic rings. The summed E-state index contributed by atoms with van der Waals surface area (Å²) in [6.45, 7) is 3.78. The number of benzene rings is 2. The van der Waals surface area contributed by atoms with Gasteiger partial charge in [-0.1, -0.05) is 24.3 Å². The molecule has 0 fully saturated rings. The number of nitrogens with zero attached hydrogens (tertiary/aromatic N) is 2. The first-order valence-corrected chi connectivity index (χ1v) is 10.3. The summed E-state index contributed by atoms with van der Waals surface area (Å²) >= 11 is 1.67. The van der Waals surface area contributed by atoms with Gasteiger partial charge in [0.15, 0.2) is 5.96 Å². The Balaban J connectivity index is 0.00000320. The first kappa shape index (κ1) is 24.1. The molecular formula is C22H26FIN4OS. The summed E-state index contributed by atoms with van der Waals surface area (Å²) in [7, 11) is 1.76. The van der Waals surface area contributed by atoms with E-state index in [0.717, 1.165) is 46.5 Å². The van der Waals surface area contributed by atoms with E-state index >= 15 is 0 Å². The Hall–Kier alpha value is -2.20. The highest BCUT2D eigenvalue weighted by Gasteiger charge is 2.02. The van der Waals surface area contributed by atoms with Crippen LogP contribution in [0.4, 0.5) is 4.39 Å². The molecule has 0 bridgehead atoms. The lowest BCUT2D eigenvalue weighted by Crippen LogP contribution is -2.37. The largest absolute Gasteiger partial charge is 0.489 e. The van der Waals surface area contributed by atoms with Crippen molar-refractivity contribution >= 4 is 41.3 Å². The molecule has 30 heavy (non-hydrogen) atoms. The van der Waals surface area contributed by atoms with E-state index in [9.17, 15) is 4.39 Å². The molecule has 1 heterocycles. The fourth-order valence-electron chi connectivity index (χ4n) is 2.74. The molecule has 0 saturated carbocycles. The Morgan fingerprint density at radius 3 is 2.60 bits per heavy atom. The zero-order valence-corrected chi connectivity index (χ0v) is 20.2. The smallest absolute Gasteiger partial charge is 0.191 e. The molecule has 160 valence electrons. The fraction of sp³-hybridized carbons (Fsp3) is 0.273. The summed E-state index contributed by atoms with van der Waals surface area (Å²) in [5.41, 5.74) is 3.02. The minimum atomic E-state index is -0.253. The third-order valence-electron chi connectivity index (χ3n) is 4.24. The maximum Gasteiger partial charge on any atom is 0.191 e. The highest BCUT2D eigenvalue weighted by molar-refractivity contribution is 14.0. The summed E-state index contributed by atoms with van der Waals surface area (Å²) in [6, 6.07) is 14.3. The maximum absolute atomic E-state index is 13.2. The van der Waals surface area contributed by atoms with Crippen molar-refractivity contribution in [2.75, 3.05) is 13.6 Å². The molecule has 0 amide bonds. The van der Waals surface area contributed by atoms with Gasteiger partial charge in [0, 0.05) is 31.9 Å². The van der Waals surface area contributed by atoms with E-state index in [1.165, 1.54) is 12.1 Å². The molecule has 1 aromatic heterocycles. The van der Waals surface area contributed by atoms with Crippen molar-refractivity contribution in [2.45, 2.75) is 26.5 Å². The number of rotatable bonds is 8. The SMILES string of the molecule is CN=C(NCCc1csc(C)n1)NCc1ccc(OCc2cccc(F)c2)cc1.I. The van der Waals surface area contributed by atoms with Crippen LogP contribution >= 0.6 is 35.3 Å². The third-order valence-corrected chi connectivity index (χ3v) is 5.06. The van der Waals surface area contributed by atoms with Gasteiger partial charge in [0.05, 0.1) is 10.7 Å². The molecule has 0 atom stereocenters. The molecule has 0 radical (unpaired) electrons. The molecular weight excluding hydrogens is 514 g/mol. The van der Waals surface area contributed by atoms with Gasteiger partial charge in [-0.2, -0.15) is 0 Å². The lowest BCUT2D eigenvalue weighted by atomic mass is 10.2. The van der Waals surface area contributed by atoms with Crippen LogP contribution in [0.5, 0.6) is 5.75 Å². The van der Waals surface area contributed by atoms with Crippen LogP contribution in [-0.2, 0) is 19.6 Å². The lowest BCUT2D eigenvalue weighted by molar-refractivity contribution is 0.305. The van der Waals surface area contributed by atoms with Crippen LogP contribution in [0.1, 0.15) is 21.8 Å². The molecule has 2 aromatic carbocycles. The van der Waals surface area contributed by atoms with Crippen molar-refractivity contribution in [3.8, 4) is 5.75 Å². The van der Waals surface area contributed by atoms with E-state index in [1.54, 1.807) is 24.5 Å². The number of aromatic nitrogens is 1. The van der Waals surface area contributed by atoms with Crippen LogP contribution in [0.3, 0.4) is 0 Å². The van der Waals surface area contributed by atoms with Crippen molar-refractivity contribution in [2.24, 2.45) is 4.99 Å². The van der Waals surface area contributed by atoms with E-state index < -0.39 is 0 Å². The van der Waals surface area contributed by atoms with Gasteiger partial charge in [-0.3, -0.25) is 4.99 Å². The van der Waals surface area contributed by atoms with Gasteiger partial charge in [0.2, 0.25) is 0 Å². The molecule has 8 heteroatoms.